The lowest BCUT2D eigenvalue weighted by Gasteiger charge is -2.02. The second kappa shape index (κ2) is 6.03. The Morgan fingerprint density at radius 1 is 1.14 bits per heavy atom. The predicted octanol–water partition coefficient (Wildman–Crippen LogP) is 3.90. The molecule has 3 aromatic rings. The SMILES string of the molecule is Cc1ccc(C(=O)Nc2nnc(-c3ccccc3)s2)cc1F. The number of halogens is 1. The summed E-state index contributed by atoms with van der Waals surface area (Å²) in [6.07, 6.45) is 0. The quantitative estimate of drug-likeness (QED) is 0.797. The van der Waals surface area contributed by atoms with Crippen LogP contribution in [0.4, 0.5) is 9.52 Å². The largest absolute Gasteiger partial charge is 0.296 e. The van der Waals surface area contributed by atoms with Gasteiger partial charge in [0.1, 0.15) is 10.8 Å². The Kier molecular flexibility index (Phi) is 3.93. The molecule has 0 spiro atoms. The number of hydrogen-bond acceptors (Lipinski definition) is 4. The van der Waals surface area contributed by atoms with Crippen molar-refractivity contribution in [3.05, 3.63) is 65.5 Å². The van der Waals surface area contributed by atoms with Crippen LogP contribution in [0, 0.1) is 12.7 Å². The molecule has 1 heterocycles. The number of benzene rings is 2. The fourth-order valence-corrected chi connectivity index (χ4v) is 2.62. The molecular formula is C16H12FN3OS. The number of hydrogen-bond donors (Lipinski definition) is 1. The second-order valence-electron chi connectivity index (χ2n) is 4.70. The lowest BCUT2D eigenvalue weighted by atomic mass is 10.1. The lowest BCUT2D eigenvalue weighted by molar-refractivity contribution is 0.102. The summed E-state index contributed by atoms with van der Waals surface area (Å²) in [5, 5.41) is 11.7. The molecule has 1 N–H and O–H groups in total. The normalized spacial score (nSPS) is 10.5. The zero-order valence-electron chi connectivity index (χ0n) is 11.7. The molecule has 0 radical (unpaired) electrons. The van der Waals surface area contributed by atoms with Gasteiger partial charge >= 0.3 is 0 Å². The van der Waals surface area contributed by atoms with E-state index in [4.69, 9.17) is 0 Å². The van der Waals surface area contributed by atoms with Gasteiger partial charge in [-0.05, 0) is 24.6 Å². The molecular weight excluding hydrogens is 301 g/mol. The van der Waals surface area contributed by atoms with Gasteiger partial charge in [0, 0.05) is 11.1 Å². The summed E-state index contributed by atoms with van der Waals surface area (Å²) < 4.78 is 13.5. The van der Waals surface area contributed by atoms with Gasteiger partial charge in [0.15, 0.2) is 0 Å². The van der Waals surface area contributed by atoms with E-state index in [1.807, 2.05) is 30.3 Å². The number of amides is 1. The summed E-state index contributed by atoms with van der Waals surface area (Å²) in [7, 11) is 0. The van der Waals surface area contributed by atoms with Crippen LogP contribution in [0.5, 0.6) is 0 Å². The first kappa shape index (κ1) is 14.3. The van der Waals surface area contributed by atoms with E-state index >= 15 is 0 Å². The van der Waals surface area contributed by atoms with Crippen LogP contribution >= 0.6 is 11.3 Å². The molecule has 6 heteroatoms. The highest BCUT2D eigenvalue weighted by Crippen LogP contribution is 2.26. The molecule has 0 atom stereocenters. The Morgan fingerprint density at radius 3 is 2.64 bits per heavy atom. The Morgan fingerprint density at radius 2 is 1.91 bits per heavy atom. The molecule has 4 nitrogen and oxygen atoms in total. The number of carbonyl (C=O) groups excluding carboxylic acids is 1. The van der Waals surface area contributed by atoms with E-state index in [1.54, 1.807) is 19.1 Å². The van der Waals surface area contributed by atoms with Gasteiger partial charge in [0.05, 0.1) is 0 Å². The van der Waals surface area contributed by atoms with Crippen molar-refractivity contribution in [3.8, 4) is 10.6 Å². The van der Waals surface area contributed by atoms with E-state index in [2.05, 4.69) is 15.5 Å². The zero-order chi connectivity index (χ0) is 15.5. The van der Waals surface area contributed by atoms with Crippen LogP contribution < -0.4 is 5.32 Å². The summed E-state index contributed by atoms with van der Waals surface area (Å²) in [6, 6.07) is 13.9. The number of aryl methyl sites for hydroxylation is 1. The first-order valence-electron chi connectivity index (χ1n) is 6.60. The Balaban J connectivity index is 1.77. The Hall–Kier alpha value is -2.60. The van der Waals surface area contributed by atoms with Gasteiger partial charge in [-0.25, -0.2) is 4.39 Å². The number of nitrogens with one attached hydrogen (secondary N) is 1. The molecule has 22 heavy (non-hydrogen) atoms. The Labute approximate surface area is 130 Å². The van der Waals surface area contributed by atoms with E-state index in [9.17, 15) is 9.18 Å². The number of carbonyl (C=O) groups is 1. The summed E-state index contributed by atoms with van der Waals surface area (Å²) in [6.45, 7) is 1.65. The highest BCUT2D eigenvalue weighted by Gasteiger charge is 2.12. The van der Waals surface area contributed by atoms with Crippen molar-refractivity contribution in [2.75, 3.05) is 5.32 Å². The molecule has 0 saturated heterocycles. The van der Waals surface area contributed by atoms with Gasteiger partial charge in [-0.15, -0.1) is 10.2 Å². The third-order valence-corrected chi connectivity index (χ3v) is 3.99. The number of anilines is 1. The van der Waals surface area contributed by atoms with Crippen molar-refractivity contribution in [1.82, 2.24) is 10.2 Å². The molecule has 0 aliphatic rings. The molecule has 0 aliphatic heterocycles. The third kappa shape index (κ3) is 3.01. The van der Waals surface area contributed by atoms with Crippen molar-refractivity contribution in [1.29, 1.82) is 0 Å². The van der Waals surface area contributed by atoms with Gasteiger partial charge < -0.3 is 0 Å². The summed E-state index contributed by atoms with van der Waals surface area (Å²) in [5.74, 6) is -0.815. The van der Waals surface area contributed by atoms with Gasteiger partial charge in [-0.1, -0.05) is 47.7 Å². The molecule has 110 valence electrons. The zero-order valence-corrected chi connectivity index (χ0v) is 12.5. The molecule has 1 amide bonds. The minimum absolute atomic E-state index is 0.250. The average molecular weight is 313 g/mol. The molecule has 0 bridgehead atoms. The van der Waals surface area contributed by atoms with E-state index < -0.39 is 11.7 Å². The van der Waals surface area contributed by atoms with Crippen LogP contribution in [-0.4, -0.2) is 16.1 Å². The van der Waals surface area contributed by atoms with Gasteiger partial charge in [0.2, 0.25) is 5.13 Å². The molecule has 0 fully saturated rings. The summed E-state index contributed by atoms with van der Waals surface area (Å²) in [4.78, 5) is 12.1. The van der Waals surface area contributed by atoms with Crippen molar-refractivity contribution in [2.45, 2.75) is 6.92 Å². The van der Waals surface area contributed by atoms with Crippen LogP contribution in [0.2, 0.25) is 0 Å². The lowest BCUT2D eigenvalue weighted by Crippen LogP contribution is -2.12. The molecule has 2 aromatic carbocycles. The Bertz CT molecular complexity index is 817. The van der Waals surface area contributed by atoms with Crippen molar-refractivity contribution in [2.24, 2.45) is 0 Å². The third-order valence-electron chi connectivity index (χ3n) is 3.10. The topological polar surface area (TPSA) is 54.9 Å². The number of aromatic nitrogens is 2. The predicted molar refractivity (Wildman–Crippen MR) is 84.4 cm³/mol. The fraction of sp³-hybridized carbons (Fsp3) is 0.0625. The second-order valence-corrected chi connectivity index (χ2v) is 5.67. The van der Waals surface area contributed by atoms with Crippen LogP contribution in [0.3, 0.4) is 0 Å². The van der Waals surface area contributed by atoms with Gasteiger partial charge in [0.25, 0.3) is 5.91 Å². The minimum Gasteiger partial charge on any atom is -0.296 e. The summed E-state index contributed by atoms with van der Waals surface area (Å²) >= 11 is 1.27. The molecule has 0 aliphatic carbocycles. The molecule has 0 saturated carbocycles. The minimum atomic E-state index is -0.408. The van der Waals surface area contributed by atoms with Crippen molar-refractivity contribution < 1.29 is 9.18 Å². The number of nitrogens with zero attached hydrogens (tertiary/aromatic N) is 2. The molecule has 0 unspecified atom stereocenters. The van der Waals surface area contributed by atoms with E-state index in [0.717, 1.165) is 5.56 Å². The molecule has 3 rings (SSSR count). The van der Waals surface area contributed by atoms with Crippen LogP contribution in [0.25, 0.3) is 10.6 Å². The van der Waals surface area contributed by atoms with Gasteiger partial charge in [-0.2, -0.15) is 0 Å². The van der Waals surface area contributed by atoms with E-state index in [-0.39, 0.29) is 5.56 Å². The average Bonchev–Trinajstić information content (AvgIpc) is 2.99. The molecule has 1 aromatic heterocycles. The van der Waals surface area contributed by atoms with Crippen LogP contribution in [0.1, 0.15) is 15.9 Å². The van der Waals surface area contributed by atoms with Crippen molar-refractivity contribution >= 4 is 22.4 Å². The van der Waals surface area contributed by atoms with E-state index in [1.165, 1.54) is 17.4 Å². The smallest absolute Gasteiger partial charge is 0.257 e. The maximum atomic E-state index is 13.5. The van der Waals surface area contributed by atoms with E-state index in [0.29, 0.717) is 15.7 Å². The maximum Gasteiger partial charge on any atom is 0.257 e. The van der Waals surface area contributed by atoms with Crippen molar-refractivity contribution in [3.63, 3.8) is 0 Å². The summed E-state index contributed by atoms with van der Waals surface area (Å²) in [5.41, 5.74) is 1.68. The first-order chi connectivity index (χ1) is 10.6. The van der Waals surface area contributed by atoms with Crippen LogP contribution in [0.15, 0.2) is 48.5 Å². The first-order valence-corrected chi connectivity index (χ1v) is 7.41. The maximum absolute atomic E-state index is 13.5. The highest BCUT2D eigenvalue weighted by molar-refractivity contribution is 7.18. The van der Waals surface area contributed by atoms with Gasteiger partial charge in [-0.3, -0.25) is 10.1 Å². The fourth-order valence-electron chi connectivity index (χ4n) is 1.87. The monoisotopic (exact) mass is 313 g/mol. The van der Waals surface area contributed by atoms with Crippen LogP contribution in [-0.2, 0) is 0 Å². The number of rotatable bonds is 3. The highest BCUT2D eigenvalue weighted by atomic mass is 32.1. The standard InChI is InChI=1S/C16H12FN3OS/c1-10-7-8-12(9-13(10)17)14(21)18-16-20-19-15(22-16)11-5-3-2-4-6-11/h2-9H,1H3,(H,18,20,21).